The minimum absolute atomic E-state index is 0.199. The summed E-state index contributed by atoms with van der Waals surface area (Å²) < 4.78 is 11.8. The van der Waals surface area contributed by atoms with Gasteiger partial charge in [-0.15, -0.1) is 0 Å². The van der Waals surface area contributed by atoms with Gasteiger partial charge in [-0.1, -0.05) is 6.07 Å². The minimum atomic E-state index is 0.199. The molecule has 4 heteroatoms. The number of benzene rings is 1. The van der Waals surface area contributed by atoms with Gasteiger partial charge in [0.1, 0.15) is 5.75 Å². The van der Waals surface area contributed by atoms with E-state index in [2.05, 4.69) is 28.1 Å². The molecule has 0 bridgehead atoms. The first-order valence-electron chi connectivity index (χ1n) is 6.88. The molecule has 2 unspecified atom stereocenters. The summed E-state index contributed by atoms with van der Waals surface area (Å²) in [6, 6.07) is 6.34. The van der Waals surface area contributed by atoms with Crippen molar-refractivity contribution in [2.24, 2.45) is 5.73 Å². The highest BCUT2D eigenvalue weighted by molar-refractivity contribution is 9.10. The van der Waals surface area contributed by atoms with Gasteiger partial charge in [0.15, 0.2) is 0 Å². The number of hydrogen-bond acceptors (Lipinski definition) is 3. The first-order chi connectivity index (χ1) is 9.19. The molecule has 1 aliphatic rings. The molecular formula is C15H22BrNO2. The summed E-state index contributed by atoms with van der Waals surface area (Å²) in [5.74, 6) is 0.858. The van der Waals surface area contributed by atoms with Crippen LogP contribution in [0, 0.1) is 0 Å². The van der Waals surface area contributed by atoms with Crippen LogP contribution in [0.2, 0.25) is 0 Å². The molecule has 1 heterocycles. The van der Waals surface area contributed by atoms with Crippen molar-refractivity contribution in [2.45, 2.75) is 44.2 Å². The van der Waals surface area contributed by atoms with Crippen molar-refractivity contribution in [1.82, 2.24) is 0 Å². The van der Waals surface area contributed by atoms with Gasteiger partial charge in [-0.2, -0.15) is 0 Å². The van der Waals surface area contributed by atoms with E-state index in [1.165, 1.54) is 18.4 Å². The van der Waals surface area contributed by atoms with E-state index in [0.29, 0.717) is 6.10 Å². The molecule has 0 aliphatic carbocycles. The Morgan fingerprint density at radius 3 is 3.00 bits per heavy atom. The number of nitrogens with two attached hydrogens (primary N) is 1. The molecule has 1 saturated heterocycles. The summed E-state index contributed by atoms with van der Waals surface area (Å²) in [5, 5.41) is 0. The number of halogens is 1. The van der Waals surface area contributed by atoms with Crippen LogP contribution in [0.1, 0.15) is 31.2 Å². The van der Waals surface area contributed by atoms with Crippen LogP contribution < -0.4 is 10.5 Å². The van der Waals surface area contributed by atoms with Crippen LogP contribution in [0.15, 0.2) is 22.7 Å². The topological polar surface area (TPSA) is 44.5 Å². The van der Waals surface area contributed by atoms with Gasteiger partial charge >= 0.3 is 0 Å². The van der Waals surface area contributed by atoms with Crippen molar-refractivity contribution < 1.29 is 9.47 Å². The third-order valence-electron chi connectivity index (χ3n) is 3.60. The molecule has 0 saturated carbocycles. The number of ether oxygens (including phenoxy) is 2. The molecule has 0 spiro atoms. The zero-order chi connectivity index (χ0) is 13.7. The number of methoxy groups -OCH3 is 1. The molecule has 3 nitrogen and oxygen atoms in total. The van der Waals surface area contributed by atoms with Crippen LogP contribution in [0.25, 0.3) is 0 Å². The molecule has 1 aliphatic heterocycles. The van der Waals surface area contributed by atoms with Crippen molar-refractivity contribution in [3.05, 3.63) is 28.2 Å². The molecular weight excluding hydrogens is 306 g/mol. The molecule has 2 atom stereocenters. The van der Waals surface area contributed by atoms with Crippen LogP contribution in [0.5, 0.6) is 5.75 Å². The smallest absolute Gasteiger partial charge is 0.133 e. The average Bonchev–Trinajstić information content (AvgIpc) is 2.90. The van der Waals surface area contributed by atoms with E-state index < -0.39 is 0 Å². The van der Waals surface area contributed by atoms with Crippen molar-refractivity contribution in [3.8, 4) is 5.75 Å². The summed E-state index contributed by atoms with van der Waals surface area (Å²) in [4.78, 5) is 0. The molecule has 2 N–H and O–H groups in total. The lowest BCUT2D eigenvalue weighted by molar-refractivity contribution is 0.101. The standard InChI is InChI=1S/C15H22BrNO2/c1-18-15-7-4-11(10-14(15)16)9-12(17)5-6-13-3-2-8-19-13/h4,7,10,12-13H,2-3,5-6,8-9,17H2,1H3. The molecule has 1 fully saturated rings. The Hall–Kier alpha value is -0.580. The molecule has 106 valence electrons. The highest BCUT2D eigenvalue weighted by atomic mass is 79.9. The van der Waals surface area contributed by atoms with E-state index in [1.54, 1.807) is 7.11 Å². The normalized spacial score (nSPS) is 20.5. The largest absolute Gasteiger partial charge is 0.496 e. The van der Waals surface area contributed by atoms with Gasteiger partial charge in [-0.25, -0.2) is 0 Å². The van der Waals surface area contributed by atoms with E-state index in [9.17, 15) is 0 Å². The van der Waals surface area contributed by atoms with Gasteiger partial charge in [0.2, 0.25) is 0 Å². The fraction of sp³-hybridized carbons (Fsp3) is 0.600. The highest BCUT2D eigenvalue weighted by Gasteiger charge is 2.16. The molecule has 2 rings (SSSR count). The lowest BCUT2D eigenvalue weighted by Gasteiger charge is -2.15. The second-order valence-corrected chi connectivity index (χ2v) is 6.00. The van der Waals surface area contributed by atoms with Crippen molar-refractivity contribution >= 4 is 15.9 Å². The fourth-order valence-corrected chi connectivity index (χ4v) is 3.10. The summed E-state index contributed by atoms with van der Waals surface area (Å²) in [7, 11) is 1.67. The second kappa shape index (κ2) is 7.27. The molecule has 0 radical (unpaired) electrons. The van der Waals surface area contributed by atoms with Crippen LogP contribution in [-0.2, 0) is 11.2 Å². The maximum Gasteiger partial charge on any atom is 0.133 e. The van der Waals surface area contributed by atoms with Crippen LogP contribution in [0.3, 0.4) is 0 Å². The summed E-state index contributed by atoms with van der Waals surface area (Å²) in [6.07, 6.45) is 5.84. The molecule has 0 aromatic heterocycles. The van der Waals surface area contributed by atoms with Gasteiger partial charge in [-0.05, 0) is 65.7 Å². The van der Waals surface area contributed by atoms with Gasteiger partial charge in [0.25, 0.3) is 0 Å². The molecule has 1 aromatic rings. The van der Waals surface area contributed by atoms with E-state index in [0.717, 1.165) is 36.1 Å². The van der Waals surface area contributed by atoms with E-state index in [1.807, 2.05) is 6.07 Å². The molecule has 0 amide bonds. The summed E-state index contributed by atoms with van der Waals surface area (Å²) in [6.45, 7) is 0.922. The molecule has 19 heavy (non-hydrogen) atoms. The first-order valence-corrected chi connectivity index (χ1v) is 7.68. The van der Waals surface area contributed by atoms with Gasteiger partial charge in [0.05, 0.1) is 17.7 Å². The van der Waals surface area contributed by atoms with Crippen LogP contribution in [-0.4, -0.2) is 25.9 Å². The quantitative estimate of drug-likeness (QED) is 0.871. The predicted octanol–water partition coefficient (Wildman–Crippen LogP) is 3.29. The highest BCUT2D eigenvalue weighted by Crippen LogP contribution is 2.26. The van der Waals surface area contributed by atoms with Crippen LogP contribution in [0.4, 0.5) is 0 Å². The fourth-order valence-electron chi connectivity index (χ4n) is 2.51. The zero-order valence-corrected chi connectivity index (χ0v) is 13.0. The Labute approximate surface area is 123 Å². The van der Waals surface area contributed by atoms with Crippen molar-refractivity contribution in [2.75, 3.05) is 13.7 Å². The van der Waals surface area contributed by atoms with Gasteiger partial charge in [-0.3, -0.25) is 0 Å². The van der Waals surface area contributed by atoms with E-state index >= 15 is 0 Å². The maximum absolute atomic E-state index is 6.20. The van der Waals surface area contributed by atoms with Gasteiger partial charge < -0.3 is 15.2 Å². The predicted molar refractivity (Wildman–Crippen MR) is 80.6 cm³/mol. The Morgan fingerprint density at radius 1 is 1.53 bits per heavy atom. The Balaban J connectivity index is 1.80. The third kappa shape index (κ3) is 4.48. The average molecular weight is 328 g/mol. The lowest BCUT2D eigenvalue weighted by Crippen LogP contribution is -2.24. The SMILES string of the molecule is COc1ccc(CC(N)CCC2CCCO2)cc1Br. The van der Waals surface area contributed by atoms with Gasteiger partial charge in [0, 0.05) is 12.6 Å². The number of rotatable bonds is 6. The van der Waals surface area contributed by atoms with Crippen molar-refractivity contribution in [3.63, 3.8) is 0 Å². The lowest BCUT2D eigenvalue weighted by atomic mass is 10.00. The molecule has 1 aromatic carbocycles. The Kier molecular flexibility index (Phi) is 5.67. The minimum Gasteiger partial charge on any atom is -0.496 e. The monoisotopic (exact) mass is 327 g/mol. The van der Waals surface area contributed by atoms with E-state index in [4.69, 9.17) is 15.2 Å². The number of hydrogen-bond donors (Lipinski definition) is 1. The summed E-state index contributed by atoms with van der Waals surface area (Å²) in [5.41, 5.74) is 7.45. The van der Waals surface area contributed by atoms with Crippen molar-refractivity contribution in [1.29, 1.82) is 0 Å². The summed E-state index contributed by atoms with van der Waals surface area (Å²) >= 11 is 3.50. The van der Waals surface area contributed by atoms with Crippen LogP contribution >= 0.6 is 15.9 Å². The second-order valence-electron chi connectivity index (χ2n) is 5.15. The van der Waals surface area contributed by atoms with E-state index in [-0.39, 0.29) is 6.04 Å². The Bertz CT molecular complexity index is 405. The Morgan fingerprint density at radius 2 is 2.37 bits per heavy atom. The zero-order valence-electron chi connectivity index (χ0n) is 11.4. The third-order valence-corrected chi connectivity index (χ3v) is 4.22. The first kappa shape index (κ1) is 14.8. The maximum atomic E-state index is 6.20.